The van der Waals surface area contributed by atoms with Gasteiger partial charge in [0.05, 0.1) is 5.57 Å². The molecular formula is C11H15F3. The number of allylic oxidation sites excluding steroid dienone is 5. The zero-order valence-corrected chi connectivity index (χ0v) is 8.49. The van der Waals surface area contributed by atoms with Crippen LogP contribution >= 0.6 is 0 Å². The number of unbranched alkanes of at least 4 members (excludes halogenated alkanes) is 1. The van der Waals surface area contributed by atoms with Gasteiger partial charge in [-0.15, -0.1) is 0 Å². The molecule has 80 valence electrons. The Morgan fingerprint density at radius 1 is 1.36 bits per heavy atom. The van der Waals surface area contributed by atoms with Crippen LogP contribution in [0.25, 0.3) is 0 Å². The summed E-state index contributed by atoms with van der Waals surface area (Å²) in [6.45, 7) is 6.88. The van der Waals surface area contributed by atoms with Gasteiger partial charge in [0.25, 0.3) is 0 Å². The standard InChI is InChI=1S/C11H15F3/c1-4-5-6-7-10(8-9(2)3)11(12,13)14/h6-8H,2,4-5H2,1,3H3/b7-6-,10-8+. The van der Waals surface area contributed by atoms with Crippen molar-refractivity contribution < 1.29 is 13.2 Å². The molecule has 0 rings (SSSR count). The van der Waals surface area contributed by atoms with Crippen LogP contribution in [0.2, 0.25) is 0 Å². The lowest BCUT2D eigenvalue weighted by Crippen LogP contribution is -2.10. The summed E-state index contributed by atoms with van der Waals surface area (Å²) in [5.41, 5.74) is -0.239. The summed E-state index contributed by atoms with van der Waals surface area (Å²) < 4.78 is 37.0. The zero-order chi connectivity index (χ0) is 11.2. The summed E-state index contributed by atoms with van der Waals surface area (Å²) in [6, 6.07) is 0. The van der Waals surface area contributed by atoms with Crippen molar-refractivity contribution in [2.24, 2.45) is 0 Å². The van der Waals surface area contributed by atoms with Gasteiger partial charge in [-0.3, -0.25) is 0 Å². The van der Waals surface area contributed by atoms with Crippen molar-refractivity contribution in [2.75, 3.05) is 0 Å². The molecular weight excluding hydrogens is 189 g/mol. The van der Waals surface area contributed by atoms with Crippen molar-refractivity contribution in [2.45, 2.75) is 32.9 Å². The fraction of sp³-hybridized carbons (Fsp3) is 0.455. The van der Waals surface area contributed by atoms with Crippen molar-refractivity contribution >= 4 is 0 Å². The third-order valence-corrected chi connectivity index (χ3v) is 1.48. The van der Waals surface area contributed by atoms with Crippen LogP contribution in [-0.2, 0) is 0 Å². The summed E-state index contributed by atoms with van der Waals surface area (Å²) in [5, 5.41) is 0. The lowest BCUT2D eigenvalue weighted by Gasteiger charge is -2.07. The van der Waals surface area contributed by atoms with Crippen molar-refractivity contribution in [1.82, 2.24) is 0 Å². The van der Waals surface area contributed by atoms with Gasteiger partial charge in [0.2, 0.25) is 0 Å². The lowest BCUT2D eigenvalue weighted by molar-refractivity contribution is -0.0882. The number of hydrogen-bond donors (Lipinski definition) is 0. The molecule has 0 amide bonds. The fourth-order valence-corrected chi connectivity index (χ4v) is 0.867. The average Bonchev–Trinajstić information content (AvgIpc) is 2.00. The summed E-state index contributed by atoms with van der Waals surface area (Å²) in [7, 11) is 0. The second-order valence-electron chi connectivity index (χ2n) is 3.13. The molecule has 0 fully saturated rings. The minimum atomic E-state index is -4.29. The van der Waals surface area contributed by atoms with Crippen LogP contribution in [-0.4, -0.2) is 6.18 Å². The monoisotopic (exact) mass is 204 g/mol. The first-order chi connectivity index (χ1) is 6.38. The van der Waals surface area contributed by atoms with E-state index >= 15 is 0 Å². The maximum atomic E-state index is 12.3. The van der Waals surface area contributed by atoms with Crippen molar-refractivity contribution in [3.8, 4) is 0 Å². The smallest absolute Gasteiger partial charge is 0.166 e. The molecule has 0 saturated carbocycles. The Hall–Kier alpha value is -0.990. The van der Waals surface area contributed by atoms with Crippen LogP contribution in [0.15, 0.2) is 36.0 Å². The van der Waals surface area contributed by atoms with Crippen LogP contribution in [0.5, 0.6) is 0 Å². The third kappa shape index (κ3) is 5.62. The van der Waals surface area contributed by atoms with Gasteiger partial charge in [-0.2, -0.15) is 13.2 Å². The highest BCUT2D eigenvalue weighted by atomic mass is 19.4. The van der Waals surface area contributed by atoms with Crippen LogP contribution in [0.4, 0.5) is 13.2 Å². The van der Waals surface area contributed by atoms with Gasteiger partial charge in [0.1, 0.15) is 0 Å². The van der Waals surface area contributed by atoms with Crippen LogP contribution in [0.3, 0.4) is 0 Å². The maximum Gasteiger partial charge on any atom is 0.416 e. The van der Waals surface area contributed by atoms with E-state index in [-0.39, 0.29) is 0 Å². The zero-order valence-electron chi connectivity index (χ0n) is 8.49. The molecule has 0 heterocycles. The third-order valence-electron chi connectivity index (χ3n) is 1.48. The Kier molecular flexibility index (Phi) is 5.28. The highest BCUT2D eigenvalue weighted by Gasteiger charge is 2.31. The predicted octanol–water partition coefficient (Wildman–Crippen LogP) is 4.41. The molecule has 0 aliphatic carbocycles. The Bertz CT molecular complexity index is 244. The van der Waals surface area contributed by atoms with E-state index in [9.17, 15) is 13.2 Å². The largest absolute Gasteiger partial charge is 0.416 e. The van der Waals surface area contributed by atoms with Crippen LogP contribution in [0.1, 0.15) is 26.7 Å². The van der Waals surface area contributed by atoms with Gasteiger partial charge in [-0.25, -0.2) is 0 Å². The van der Waals surface area contributed by atoms with Crippen molar-refractivity contribution in [3.63, 3.8) is 0 Å². The SMILES string of the molecule is C=C(C)/C=C(\C=C/CCC)C(F)(F)F. The van der Waals surface area contributed by atoms with Gasteiger partial charge < -0.3 is 0 Å². The summed E-state index contributed by atoms with van der Waals surface area (Å²) >= 11 is 0. The van der Waals surface area contributed by atoms with Gasteiger partial charge >= 0.3 is 6.18 Å². The molecule has 0 aromatic rings. The molecule has 3 heteroatoms. The van der Waals surface area contributed by atoms with Gasteiger partial charge in [-0.1, -0.05) is 37.6 Å². The van der Waals surface area contributed by atoms with E-state index in [1.165, 1.54) is 6.08 Å². The Morgan fingerprint density at radius 2 is 1.93 bits per heavy atom. The molecule has 0 radical (unpaired) electrons. The number of rotatable bonds is 4. The number of hydrogen-bond acceptors (Lipinski definition) is 0. The van der Waals surface area contributed by atoms with E-state index < -0.39 is 11.7 Å². The second-order valence-corrected chi connectivity index (χ2v) is 3.13. The molecule has 0 nitrogen and oxygen atoms in total. The van der Waals surface area contributed by atoms with Crippen molar-refractivity contribution in [3.05, 3.63) is 36.0 Å². The second kappa shape index (κ2) is 5.68. The van der Waals surface area contributed by atoms with E-state index in [2.05, 4.69) is 6.58 Å². The Labute approximate surface area is 82.8 Å². The molecule has 0 spiro atoms. The fourth-order valence-electron chi connectivity index (χ4n) is 0.867. The molecule has 0 aliphatic rings. The van der Waals surface area contributed by atoms with Gasteiger partial charge in [-0.05, 0) is 19.4 Å². The number of halogens is 3. The molecule has 14 heavy (non-hydrogen) atoms. The predicted molar refractivity (Wildman–Crippen MR) is 53.0 cm³/mol. The number of alkyl halides is 3. The highest BCUT2D eigenvalue weighted by Crippen LogP contribution is 2.27. The highest BCUT2D eigenvalue weighted by molar-refractivity contribution is 5.31. The van der Waals surface area contributed by atoms with E-state index in [0.29, 0.717) is 12.0 Å². The average molecular weight is 204 g/mol. The molecule has 0 aromatic carbocycles. The maximum absolute atomic E-state index is 12.3. The molecule has 0 unspecified atom stereocenters. The topological polar surface area (TPSA) is 0 Å². The molecule has 0 atom stereocenters. The molecule has 0 aromatic heterocycles. The van der Waals surface area contributed by atoms with Gasteiger partial charge in [0, 0.05) is 0 Å². The van der Waals surface area contributed by atoms with E-state index in [0.717, 1.165) is 18.6 Å². The lowest BCUT2D eigenvalue weighted by atomic mass is 10.1. The van der Waals surface area contributed by atoms with E-state index in [1.807, 2.05) is 6.92 Å². The summed E-state index contributed by atoms with van der Waals surface area (Å²) in [6.07, 6.45) is 0.897. The summed E-state index contributed by atoms with van der Waals surface area (Å²) in [5.74, 6) is 0. The Balaban J connectivity index is 4.67. The van der Waals surface area contributed by atoms with Gasteiger partial charge in [0.15, 0.2) is 0 Å². The van der Waals surface area contributed by atoms with Crippen molar-refractivity contribution in [1.29, 1.82) is 0 Å². The van der Waals surface area contributed by atoms with Crippen LogP contribution < -0.4 is 0 Å². The molecule has 0 saturated heterocycles. The molecule has 0 bridgehead atoms. The normalized spacial score (nSPS) is 13.6. The quantitative estimate of drug-likeness (QED) is 0.595. The van der Waals surface area contributed by atoms with Crippen LogP contribution in [0, 0.1) is 0 Å². The first kappa shape index (κ1) is 13.0. The Morgan fingerprint density at radius 3 is 2.29 bits per heavy atom. The van der Waals surface area contributed by atoms with E-state index in [1.54, 1.807) is 6.92 Å². The first-order valence-electron chi connectivity index (χ1n) is 4.49. The first-order valence-corrected chi connectivity index (χ1v) is 4.49. The summed E-state index contributed by atoms with van der Waals surface area (Å²) in [4.78, 5) is 0. The molecule has 0 N–H and O–H groups in total. The van der Waals surface area contributed by atoms with E-state index in [4.69, 9.17) is 0 Å². The minimum absolute atomic E-state index is 0.401. The minimum Gasteiger partial charge on any atom is -0.166 e. The molecule has 0 aliphatic heterocycles.